The Morgan fingerprint density at radius 1 is 0.873 bits per heavy atom. The summed E-state index contributed by atoms with van der Waals surface area (Å²) in [5.74, 6) is -2.25. The second-order valence-corrected chi connectivity index (χ2v) is 15.9. The van der Waals surface area contributed by atoms with Crippen LogP contribution in [0.25, 0.3) is 11.1 Å². The maximum Gasteiger partial charge on any atom is 0.252 e. The van der Waals surface area contributed by atoms with E-state index in [2.05, 4.69) is 28.2 Å². The van der Waals surface area contributed by atoms with Gasteiger partial charge in [0.1, 0.15) is 55.4 Å². The average molecular weight is 868 g/mol. The Labute approximate surface area is 371 Å². The highest BCUT2D eigenvalue weighted by molar-refractivity contribution is 6.00. The molecule has 340 valence electrons. The number of carbonyl (C=O) groups is 5. The van der Waals surface area contributed by atoms with E-state index < -0.39 is 53.7 Å². The molecule has 0 radical (unpaired) electrons. The van der Waals surface area contributed by atoms with Crippen molar-refractivity contribution in [3.63, 3.8) is 0 Å². The average Bonchev–Trinajstić information content (AvgIpc) is 3.26. The van der Waals surface area contributed by atoms with Crippen LogP contribution in [0.3, 0.4) is 0 Å². The summed E-state index contributed by atoms with van der Waals surface area (Å²) in [7, 11) is 1.45. The molecule has 1 aliphatic rings. The molecule has 4 bridgehead atoms. The van der Waals surface area contributed by atoms with Gasteiger partial charge in [0.2, 0.25) is 23.6 Å². The maximum atomic E-state index is 14.6. The van der Waals surface area contributed by atoms with E-state index in [0.717, 1.165) is 30.4 Å². The van der Waals surface area contributed by atoms with E-state index in [4.69, 9.17) is 31.9 Å². The highest BCUT2D eigenvalue weighted by Gasteiger charge is 2.36. The van der Waals surface area contributed by atoms with Crippen molar-refractivity contribution < 1.29 is 33.4 Å². The fourth-order valence-electron chi connectivity index (χ4n) is 7.67. The molecule has 0 saturated heterocycles. The molecule has 63 heavy (non-hydrogen) atoms. The number of nitriles is 1. The molecule has 0 spiro atoms. The third kappa shape index (κ3) is 13.5. The lowest BCUT2D eigenvalue weighted by Crippen LogP contribution is -2.56. The van der Waals surface area contributed by atoms with Gasteiger partial charge in [0, 0.05) is 43.2 Å². The lowest BCUT2D eigenvalue weighted by Gasteiger charge is -2.32. The van der Waals surface area contributed by atoms with Crippen molar-refractivity contribution in [2.75, 3.05) is 46.4 Å². The zero-order valence-electron chi connectivity index (χ0n) is 37.3. The van der Waals surface area contributed by atoms with Gasteiger partial charge < -0.3 is 52.8 Å². The molecule has 5 amide bonds. The second-order valence-electron chi connectivity index (χ2n) is 15.9. The van der Waals surface area contributed by atoms with Crippen molar-refractivity contribution in [1.29, 1.82) is 5.26 Å². The Bertz CT molecular complexity index is 2120. The minimum absolute atomic E-state index is 0.0169. The number of rotatable bonds is 20. The lowest BCUT2D eigenvalue weighted by molar-refractivity contribution is -0.141. The number of carbonyl (C=O) groups excluding carboxylic acids is 5. The van der Waals surface area contributed by atoms with Crippen LogP contribution in [0.4, 0.5) is 0 Å². The molecule has 1 heterocycles. The van der Waals surface area contributed by atoms with Crippen LogP contribution >= 0.6 is 0 Å². The van der Waals surface area contributed by atoms with Crippen molar-refractivity contribution in [3.05, 3.63) is 81.9 Å². The lowest BCUT2D eigenvalue weighted by atomic mass is 9.93. The molecule has 4 rings (SSSR count). The van der Waals surface area contributed by atoms with Gasteiger partial charge in [0.05, 0.1) is 6.07 Å². The Morgan fingerprint density at radius 2 is 1.54 bits per heavy atom. The summed E-state index contributed by atoms with van der Waals surface area (Å²) in [6, 6.07) is 11.2. The first-order chi connectivity index (χ1) is 30.3. The predicted octanol–water partition coefficient (Wildman–Crippen LogP) is 2.99. The van der Waals surface area contributed by atoms with Crippen LogP contribution in [0.1, 0.15) is 96.6 Å². The molecule has 16 nitrogen and oxygen atoms in total. The quantitative estimate of drug-likeness (QED) is 0.0642. The van der Waals surface area contributed by atoms with E-state index in [-0.39, 0.29) is 52.2 Å². The Morgan fingerprint density at radius 3 is 2.19 bits per heavy atom. The van der Waals surface area contributed by atoms with Gasteiger partial charge in [-0.1, -0.05) is 50.8 Å². The van der Waals surface area contributed by atoms with Crippen molar-refractivity contribution in [2.24, 2.45) is 17.2 Å². The predicted molar refractivity (Wildman–Crippen MR) is 242 cm³/mol. The molecule has 3 aromatic rings. The Balaban J connectivity index is 1.80. The number of hydrogen-bond donors (Lipinski definition) is 7. The van der Waals surface area contributed by atoms with Gasteiger partial charge in [-0.05, 0) is 105 Å². The standard InChI is InChI=1S/C47H65N9O7/c1-6-7-8-9-10-11-33-24-30(3)35(25-29(33)2)44(58)54-38(16-17-48)47(61)56(5)42-34-13-15-41(63-23-20-51)37(28-34)36-26-32(12-14-40(36)62-22-19-50)27-39(45(59)52-21-18-49)55-43(57)31(4)53-46(42)60/h12-15,24-26,28,31,38-39,42H,6-11,16-17,19-23,27,48,50-51H2,1-5H3,(H,52,59)(H,53,60)(H,54,58)(H,55,57)/t31-,38-,39-,42-/m0/s1. The molecule has 1 aliphatic heterocycles. The summed E-state index contributed by atoms with van der Waals surface area (Å²) in [5.41, 5.74) is 23.0. The SMILES string of the molecule is CCCCCCCc1cc(C)c(C(=O)N[C@@H](CCN)C(=O)N(C)[C@@H]2C(=O)N[C@@H](C)C(=O)N[C@H](C(=O)NCC#N)Cc3ccc(OCCN)c(c3)-c3cc2ccc3OCCN)cc1C. The number of aryl methyl sites for hydroxylation is 3. The topological polar surface area (TPSA) is 257 Å². The monoisotopic (exact) mass is 868 g/mol. The van der Waals surface area contributed by atoms with Gasteiger partial charge in [-0.25, -0.2) is 0 Å². The number of amides is 5. The van der Waals surface area contributed by atoms with Gasteiger partial charge in [-0.15, -0.1) is 0 Å². The highest BCUT2D eigenvalue weighted by atomic mass is 16.5. The summed E-state index contributed by atoms with van der Waals surface area (Å²) in [4.78, 5) is 71.4. The number of ether oxygens (including phenoxy) is 2. The van der Waals surface area contributed by atoms with E-state index in [1.165, 1.54) is 43.7 Å². The Hall–Kier alpha value is -6.02. The second kappa shape index (κ2) is 24.6. The molecule has 0 aliphatic carbocycles. The largest absolute Gasteiger partial charge is 0.492 e. The van der Waals surface area contributed by atoms with Crippen LogP contribution in [-0.2, 0) is 32.0 Å². The molecular formula is C47H65N9O7. The van der Waals surface area contributed by atoms with E-state index in [1.54, 1.807) is 36.4 Å². The van der Waals surface area contributed by atoms with E-state index >= 15 is 0 Å². The molecule has 3 aromatic carbocycles. The molecule has 0 aromatic heterocycles. The number of benzene rings is 3. The van der Waals surface area contributed by atoms with Gasteiger partial charge in [0.25, 0.3) is 5.91 Å². The van der Waals surface area contributed by atoms with Crippen LogP contribution in [0.2, 0.25) is 0 Å². The first kappa shape index (κ1) is 49.6. The first-order valence-corrected chi connectivity index (χ1v) is 21.8. The smallest absolute Gasteiger partial charge is 0.252 e. The van der Waals surface area contributed by atoms with Crippen LogP contribution in [0.5, 0.6) is 11.5 Å². The normalized spacial score (nSPS) is 16.7. The summed E-state index contributed by atoms with van der Waals surface area (Å²) < 4.78 is 12.2. The summed E-state index contributed by atoms with van der Waals surface area (Å²) >= 11 is 0. The van der Waals surface area contributed by atoms with Gasteiger partial charge in [0.15, 0.2) is 0 Å². The highest BCUT2D eigenvalue weighted by Crippen LogP contribution is 2.40. The molecule has 0 fully saturated rings. The zero-order chi connectivity index (χ0) is 46.1. The van der Waals surface area contributed by atoms with E-state index in [1.807, 2.05) is 32.0 Å². The summed E-state index contributed by atoms with van der Waals surface area (Å²) in [6.45, 7) is 7.99. The van der Waals surface area contributed by atoms with Crippen molar-refractivity contribution in [2.45, 2.75) is 103 Å². The third-order valence-corrected chi connectivity index (χ3v) is 11.1. The zero-order valence-corrected chi connectivity index (χ0v) is 37.3. The van der Waals surface area contributed by atoms with Crippen LogP contribution in [0.15, 0.2) is 48.5 Å². The number of unbranched alkanes of at least 4 members (excludes halogenated alkanes) is 4. The minimum Gasteiger partial charge on any atom is -0.492 e. The molecule has 10 N–H and O–H groups in total. The fourth-order valence-corrected chi connectivity index (χ4v) is 7.67. The Kier molecular flexibility index (Phi) is 19.4. The summed E-state index contributed by atoms with van der Waals surface area (Å²) in [5, 5.41) is 20.0. The number of nitrogens with two attached hydrogens (primary N) is 3. The number of nitrogens with zero attached hydrogens (tertiary/aromatic N) is 2. The van der Waals surface area contributed by atoms with Crippen LogP contribution in [0, 0.1) is 25.2 Å². The van der Waals surface area contributed by atoms with Crippen molar-refractivity contribution >= 4 is 29.5 Å². The molecular weight excluding hydrogens is 803 g/mol. The fraction of sp³-hybridized carbons (Fsp3) is 0.489. The molecule has 4 atom stereocenters. The van der Waals surface area contributed by atoms with Crippen LogP contribution < -0.4 is 47.9 Å². The maximum absolute atomic E-state index is 14.6. The minimum atomic E-state index is -1.36. The number of fused-ring (bicyclic) bond motifs is 5. The summed E-state index contributed by atoms with van der Waals surface area (Å²) in [6.07, 6.45) is 6.77. The van der Waals surface area contributed by atoms with E-state index in [9.17, 15) is 24.0 Å². The van der Waals surface area contributed by atoms with Gasteiger partial charge in [-0.3, -0.25) is 24.0 Å². The first-order valence-electron chi connectivity index (χ1n) is 21.8. The molecule has 16 heteroatoms. The number of hydrogen-bond acceptors (Lipinski definition) is 11. The molecule has 0 saturated carbocycles. The van der Waals surface area contributed by atoms with Gasteiger partial charge in [-0.2, -0.15) is 5.26 Å². The van der Waals surface area contributed by atoms with Crippen molar-refractivity contribution in [1.82, 2.24) is 26.2 Å². The van der Waals surface area contributed by atoms with E-state index in [0.29, 0.717) is 39.3 Å². The van der Waals surface area contributed by atoms with Crippen molar-refractivity contribution in [3.8, 4) is 28.7 Å². The third-order valence-electron chi connectivity index (χ3n) is 11.1. The van der Waals surface area contributed by atoms with Gasteiger partial charge >= 0.3 is 0 Å². The van der Waals surface area contributed by atoms with Crippen LogP contribution in [-0.4, -0.2) is 99.0 Å². The number of likely N-dealkylation sites (N-methyl/N-ethyl adjacent to an activating group) is 1. The molecule has 0 unspecified atom stereocenters. The number of nitrogens with one attached hydrogen (secondary N) is 4.